The molecule has 0 aliphatic carbocycles. The highest BCUT2D eigenvalue weighted by Gasteiger charge is 2.18. The molecule has 0 unspecified atom stereocenters. The van der Waals surface area contributed by atoms with Gasteiger partial charge in [0, 0.05) is 0 Å². The maximum absolute atomic E-state index is 11.1. The van der Waals surface area contributed by atoms with Crippen LogP contribution in [0.3, 0.4) is 0 Å². The molecule has 0 spiro atoms. The van der Waals surface area contributed by atoms with Gasteiger partial charge in [-0.15, -0.1) is 0 Å². The summed E-state index contributed by atoms with van der Waals surface area (Å²) in [5.41, 5.74) is 0.904. The third-order valence-corrected chi connectivity index (χ3v) is 4.18. The summed E-state index contributed by atoms with van der Waals surface area (Å²) in [5, 5.41) is 0. The van der Waals surface area contributed by atoms with Gasteiger partial charge in [0.2, 0.25) is 8.32 Å². The lowest BCUT2D eigenvalue weighted by atomic mass is 10.4. The highest BCUT2D eigenvalue weighted by atomic mass is 32.2. The van der Waals surface area contributed by atoms with E-state index in [4.69, 9.17) is 3.87 Å². The molecule has 0 fully saturated rings. The van der Waals surface area contributed by atoms with Gasteiger partial charge < -0.3 is 3.87 Å². The Hall–Kier alpha value is 0.0669. The molecule has 0 aromatic rings. The van der Waals surface area contributed by atoms with E-state index in [9.17, 15) is 4.21 Å². The Balaban J connectivity index is 3.80. The molecule has 0 heterocycles. The lowest BCUT2D eigenvalue weighted by Crippen LogP contribution is -2.27. The lowest BCUT2D eigenvalue weighted by Gasteiger charge is -2.15. The first-order valence-corrected chi connectivity index (χ1v) is 8.19. The van der Waals surface area contributed by atoms with Crippen molar-refractivity contribution in [3.05, 3.63) is 12.2 Å². The Morgan fingerprint density at radius 1 is 1.55 bits per heavy atom. The maximum atomic E-state index is 11.1. The summed E-state index contributed by atoms with van der Waals surface area (Å²) in [6, 6.07) is 0. The van der Waals surface area contributed by atoms with Gasteiger partial charge in [0.1, 0.15) is 11.1 Å². The fourth-order valence-electron chi connectivity index (χ4n) is 0.509. The standard InChI is InChI=1S/C7H16O2SSi/c1-7(2)6-10(8)9-11(3,4)5/h1,6H2,2-5H3/t10-/m0/s1. The van der Waals surface area contributed by atoms with Crippen LogP contribution in [0.4, 0.5) is 0 Å². The molecule has 0 aliphatic heterocycles. The Bertz CT molecular complexity index is 172. The van der Waals surface area contributed by atoms with Gasteiger partial charge in [-0.25, -0.2) is 4.21 Å². The molecular formula is C7H16O2SSi. The first kappa shape index (κ1) is 11.1. The number of rotatable bonds is 4. The summed E-state index contributed by atoms with van der Waals surface area (Å²) in [5.74, 6) is 0.463. The molecule has 0 rings (SSSR count). The van der Waals surface area contributed by atoms with Gasteiger partial charge in [-0.2, -0.15) is 0 Å². The third kappa shape index (κ3) is 7.97. The molecule has 11 heavy (non-hydrogen) atoms. The summed E-state index contributed by atoms with van der Waals surface area (Å²) >= 11 is -1.16. The quantitative estimate of drug-likeness (QED) is 0.503. The topological polar surface area (TPSA) is 26.3 Å². The van der Waals surface area contributed by atoms with Crippen LogP contribution in [0.15, 0.2) is 12.2 Å². The smallest absolute Gasteiger partial charge is 0.205 e. The van der Waals surface area contributed by atoms with Crippen LogP contribution < -0.4 is 0 Å². The van der Waals surface area contributed by atoms with Crippen molar-refractivity contribution in [1.29, 1.82) is 0 Å². The summed E-state index contributed by atoms with van der Waals surface area (Å²) < 4.78 is 16.4. The van der Waals surface area contributed by atoms with Crippen LogP contribution in [0.25, 0.3) is 0 Å². The van der Waals surface area contributed by atoms with Crippen molar-refractivity contribution in [2.75, 3.05) is 5.75 Å². The second kappa shape index (κ2) is 4.18. The van der Waals surface area contributed by atoms with Crippen molar-refractivity contribution >= 4 is 19.4 Å². The van der Waals surface area contributed by atoms with Crippen LogP contribution in [0.2, 0.25) is 19.6 Å². The number of hydrogen-bond acceptors (Lipinski definition) is 2. The predicted molar refractivity (Wildman–Crippen MR) is 52.3 cm³/mol. The summed E-state index contributed by atoms with van der Waals surface area (Å²) in [7, 11) is -1.63. The zero-order valence-corrected chi connectivity index (χ0v) is 9.46. The van der Waals surface area contributed by atoms with Gasteiger partial charge in [0.05, 0.1) is 5.75 Å². The van der Waals surface area contributed by atoms with Gasteiger partial charge in [0.15, 0.2) is 0 Å². The van der Waals surface area contributed by atoms with Crippen LogP contribution in [0.1, 0.15) is 6.92 Å². The van der Waals surface area contributed by atoms with E-state index in [1.807, 2.05) is 26.6 Å². The van der Waals surface area contributed by atoms with Crippen molar-refractivity contribution in [3.8, 4) is 0 Å². The fraction of sp³-hybridized carbons (Fsp3) is 0.714. The molecule has 0 N–H and O–H groups in total. The molecule has 2 nitrogen and oxygen atoms in total. The molecule has 0 aromatic carbocycles. The van der Waals surface area contributed by atoms with Crippen LogP contribution in [0.5, 0.6) is 0 Å². The lowest BCUT2D eigenvalue weighted by molar-refractivity contribution is 0.565. The van der Waals surface area contributed by atoms with Crippen molar-refractivity contribution in [3.63, 3.8) is 0 Å². The van der Waals surface area contributed by atoms with Crippen LogP contribution >= 0.6 is 0 Å². The molecule has 0 aromatic heterocycles. The SMILES string of the molecule is C=C(C)C[S@@](=O)O[Si](C)(C)C. The van der Waals surface area contributed by atoms with Crippen LogP contribution in [-0.2, 0) is 15.0 Å². The summed E-state index contributed by atoms with van der Waals surface area (Å²) in [6.45, 7) is 11.6. The molecular weight excluding hydrogens is 176 g/mol. The molecule has 0 saturated carbocycles. The fourth-order valence-corrected chi connectivity index (χ4v) is 3.38. The van der Waals surface area contributed by atoms with E-state index in [0.717, 1.165) is 5.57 Å². The Kier molecular flexibility index (Phi) is 4.21. The second-order valence-electron chi connectivity index (χ2n) is 3.60. The minimum absolute atomic E-state index is 0.463. The van der Waals surface area contributed by atoms with E-state index in [1.165, 1.54) is 0 Å². The third-order valence-electron chi connectivity index (χ3n) is 0.707. The molecule has 0 amide bonds. The van der Waals surface area contributed by atoms with Gasteiger partial charge >= 0.3 is 0 Å². The molecule has 0 radical (unpaired) electrons. The van der Waals surface area contributed by atoms with E-state index in [1.54, 1.807) is 0 Å². The van der Waals surface area contributed by atoms with Gasteiger partial charge in [-0.3, -0.25) is 0 Å². The van der Waals surface area contributed by atoms with E-state index >= 15 is 0 Å². The second-order valence-corrected chi connectivity index (χ2v) is 9.39. The predicted octanol–water partition coefficient (Wildman–Crippen LogP) is 2.08. The zero-order valence-electron chi connectivity index (χ0n) is 7.64. The van der Waals surface area contributed by atoms with Crippen LogP contribution in [-0.4, -0.2) is 18.3 Å². The summed E-state index contributed by atoms with van der Waals surface area (Å²) in [4.78, 5) is 0. The van der Waals surface area contributed by atoms with Crippen molar-refractivity contribution in [2.24, 2.45) is 0 Å². The zero-order chi connectivity index (χ0) is 9.07. The van der Waals surface area contributed by atoms with E-state index in [2.05, 4.69) is 6.58 Å². The first-order valence-electron chi connectivity index (χ1n) is 3.53. The minimum atomic E-state index is -1.63. The number of hydrogen-bond donors (Lipinski definition) is 0. The van der Waals surface area contributed by atoms with E-state index < -0.39 is 19.4 Å². The monoisotopic (exact) mass is 192 g/mol. The normalized spacial score (nSPS) is 14.5. The van der Waals surface area contributed by atoms with E-state index in [0.29, 0.717) is 5.75 Å². The average Bonchev–Trinajstić information content (AvgIpc) is 1.53. The Morgan fingerprint density at radius 2 is 2.00 bits per heavy atom. The van der Waals surface area contributed by atoms with Crippen LogP contribution in [0, 0.1) is 0 Å². The van der Waals surface area contributed by atoms with E-state index in [-0.39, 0.29) is 0 Å². The molecule has 0 aliphatic rings. The molecule has 66 valence electrons. The van der Waals surface area contributed by atoms with Crippen molar-refractivity contribution in [2.45, 2.75) is 26.6 Å². The highest BCUT2D eigenvalue weighted by Crippen LogP contribution is 2.06. The average molecular weight is 192 g/mol. The largest absolute Gasteiger partial charge is 0.335 e. The van der Waals surface area contributed by atoms with Gasteiger partial charge in [0.25, 0.3) is 0 Å². The van der Waals surface area contributed by atoms with Gasteiger partial charge in [-0.1, -0.05) is 12.2 Å². The van der Waals surface area contributed by atoms with Gasteiger partial charge in [-0.05, 0) is 26.6 Å². The van der Waals surface area contributed by atoms with Crippen molar-refractivity contribution < 1.29 is 8.08 Å². The maximum Gasteiger partial charge on any atom is 0.205 e. The molecule has 0 saturated heterocycles. The highest BCUT2D eigenvalue weighted by molar-refractivity contribution is 7.81. The van der Waals surface area contributed by atoms with Crippen molar-refractivity contribution in [1.82, 2.24) is 0 Å². The minimum Gasteiger partial charge on any atom is -0.335 e. The Labute approximate surface area is 72.4 Å². The first-order chi connectivity index (χ1) is 4.81. The molecule has 0 bridgehead atoms. The summed E-state index contributed by atoms with van der Waals surface area (Å²) in [6.07, 6.45) is 0. The Morgan fingerprint density at radius 3 is 2.27 bits per heavy atom. The molecule has 1 atom stereocenters. The molecule has 4 heteroatoms.